The second-order valence-corrected chi connectivity index (χ2v) is 10.1. The average Bonchev–Trinajstić information content (AvgIpc) is 3.64. The largest absolute Gasteiger partial charge is 0.484 e. The third-order valence-corrected chi connectivity index (χ3v) is 7.42. The van der Waals surface area contributed by atoms with Gasteiger partial charge in [0, 0.05) is 26.1 Å². The van der Waals surface area contributed by atoms with E-state index in [1.807, 2.05) is 24.0 Å². The van der Waals surface area contributed by atoms with Gasteiger partial charge in [-0.25, -0.2) is 4.98 Å². The quantitative estimate of drug-likeness (QED) is 0.457. The molecule has 0 saturated carbocycles. The van der Waals surface area contributed by atoms with Crippen molar-refractivity contribution in [2.75, 3.05) is 32.7 Å². The third-order valence-electron chi connectivity index (χ3n) is 7.42. The van der Waals surface area contributed by atoms with Crippen LogP contribution in [-0.2, 0) is 17.8 Å². The number of hydrogen-bond donors (Lipinski definition) is 1. The molecule has 2 amide bonds. The molecule has 0 aliphatic carbocycles. The van der Waals surface area contributed by atoms with Crippen LogP contribution >= 0.6 is 0 Å². The predicted octanol–water partition coefficient (Wildman–Crippen LogP) is 4.27. The molecule has 8 heteroatoms. The minimum absolute atomic E-state index is 0.104. The minimum Gasteiger partial charge on any atom is -0.484 e. The zero-order chi connectivity index (χ0) is 26.5. The van der Waals surface area contributed by atoms with Crippen LogP contribution in [0.4, 0.5) is 0 Å². The Morgan fingerprint density at radius 1 is 1.11 bits per heavy atom. The van der Waals surface area contributed by atoms with Crippen molar-refractivity contribution in [2.45, 2.75) is 52.2 Å². The van der Waals surface area contributed by atoms with Gasteiger partial charge in [0.05, 0.1) is 6.04 Å². The van der Waals surface area contributed by atoms with Crippen molar-refractivity contribution in [2.24, 2.45) is 0 Å². The number of ether oxygens (including phenoxy) is 1. The van der Waals surface area contributed by atoms with Crippen LogP contribution in [-0.4, -0.2) is 59.3 Å². The molecule has 200 valence electrons. The maximum Gasteiger partial charge on any atom is 0.273 e. The zero-order valence-corrected chi connectivity index (χ0v) is 22.2. The summed E-state index contributed by atoms with van der Waals surface area (Å²) in [6.07, 6.45) is 5.10. The number of aromatic nitrogens is 1. The second kappa shape index (κ2) is 11.8. The smallest absolute Gasteiger partial charge is 0.273 e. The summed E-state index contributed by atoms with van der Waals surface area (Å²) in [6.45, 7) is 8.40. The number of amides is 2. The fraction of sp³-hybridized carbons (Fsp3) is 0.433. The topological polar surface area (TPSA) is 87.9 Å². The van der Waals surface area contributed by atoms with Crippen LogP contribution in [0.1, 0.15) is 70.9 Å². The number of hydrogen-bond acceptors (Lipinski definition) is 6. The van der Waals surface area contributed by atoms with E-state index >= 15 is 0 Å². The standard InChI is InChI=1S/C30H36N4O4/c1-3-28(35)34-16-12-22-10-11-24(18-25(22)29(34)23-8-6-21(2)7-9-23)37-20-27-32-26(19-38-27)30(36)31-13-17-33-14-4-5-15-33/h6-11,18-19,29H,3-5,12-17,20H2,1-2H3,(H,31,36). The van der Waals surface area contributed by atoms with Crippen LogP contribution < -0.4 is 10.1 Å². The lowest BCUT2D eigenvalue weighted by Crippen LogP contribution is -2.40. The summed E-state index contributed by atoms with van der Waals surface area (Å²) in [5, 5.41) is 2.91. The van der Waals surface area contributed by atoms with Gasteiger partial charge in [-0.1, -0.05) is 42.8 Å². The Morgan fingerprint density at radius 3 is 2.66 bits per heavy atom. The van der Waals surface area contributed by atoms with Gasteiger partial charge in [-0.05, 0) is 68.1 Å². The molecule has 0 spiro atoms. The Hall–Kier alpha value is -3.65. The first-order valence-electron chi connectivity index (χ1n) is 13.6. The fourth-order valence-corrected chi connectivity index (χ4v) is 5.31. The van der Waals surface area contributed by atoms with Gasteiger partial charge >= 0.3 is 0 Å². The molecule has 1 aromatic heterocycles. The number of nitrogens with one attached hydrogen (secondary N) is 1. The lowest BCUT2D eigenvalue weighted by atomic mass is 9.87. The Labute approximate surface area is 224 Å². The van der Waals surface area contributed by atoms with Crippen molar-refractivity contribution < 1.29 is 18.7 Å². The van der Waals surface area contributed by atoms with Crippen molar-refractivity contribution in [1.29, 1.82) is 0 Å². The first kappa shape index (κ1) is 26.0. The molecule has 3 aromatic rings. The third kappa shape index (κ3) is 5.91. The van der Waals surface area contributed by atoms with Gasteiger partial charge in [-0.3, -0.25) is 9.59 Å². The number of aryl methyl sites for hydroxylation is 1. The van der Waals surface area contributed by atoms with Crippen LogP contribution in [0.2, 0.25) is 0 Å². The van der Waals surface area contributed by atoms with Crippen molar-refractivity contribution in [3.05, 3.63) is 82.6 Å². The maximum atomic E-state index is 12.9. The van der Waals surface area contributed by atoms with Crippen LogP contribution in [0.15, 0.2) is 53.1 Å². The summed E-state index contributed by atoms with van der Waals surface area (Å²) < 4.78 is 11.5. The van der Waals surface area contributed by atoms with E-state index in [-0.39, 0.29) is 30.2 Å². The summed E-state index contributed by atoms with van der Waals surface area (Å²) in [5.74, 6) is 0.903. The van der Waals surface area contributed by atoms with E-state index in [0.717, 1.165) is 37.2 Å². The van der Waals surface area contributed by atoms with Gasteiger partial charge in [0.15, 0.2) is 12.3 Å². The summed E-state index contributed by atoms with van der Waals surface area (Å²) in [6, 6.07) is 14.2. The molecule has 8 nitrogen and oxygen atoms in total. The van der Waals surface area contributed by atoms with Gasteiger partial charge < -0.3 is 24.3 Å². The molecular formula is C30H36N4O4. The first-order valence-corrected chi connectivity index (χ1v) is 13.6. The highest BCUT2D eigenvalue weighted by molar-refractivity contribution is 5.91. The number of fused-ring (bicyclic) bond motifs is 1. The predicted molar refractivity (Wildman–Crippen MR) is 144 cm³/mol. The molecule has 1 saturated heterocycles. The summed E-state index contributed by atoms with van der Waals surface area (Å²) >= 11 is 0. The van der Waals surface area contributed by atoms with E-state index in [4.69, 9.17) is 9.15 Å². The van der Waals surface area contributed by atoms with Crippen LogP contribution in [0, 0.1) is 6.92 Å². The number of benzene rings is 2. The van der Waals surface area contributed by atoms with E-state index in [2.05, 4.69) is 52.5 Å². The SMILES string of the molecule is CCC(=O)N1CCc2ccc(OCc3nc(C(=O)NCCN4CCCC4)co3)cc2C1c1ccc(C)cc1. The molecule has 2 aliphatic rings. The van der Waals surface area contributed by atoms with Crippen LogP contribution in [0.3, 0.4) is 0 Å². The Kier molecular flexibility index (Phi) is 8.08. The number of likely N-dealkylation sites (tertiary alicyclic amines) is 1. The zero-order valence-electron chi connectivity index (χ0n) is 22.2. The number of oxazole rings is 1. The van der Waals surface area contributed by atoms with Crippen molar-refractivity contribution >= 4 is 11.8 Å². The molecule has 1 atom stereocenters. The number of nitrogens with zero attached hydrogens (tertiary/aromatic N) is 3. The van der Waals surface area contributed by atoms with Crippen LogP contribution in [0.25, 0.3) is 0 Å². The molecule has 38 heavy (non-hydrogen) atoms. The van der Waals surface area contributed by atoms with E-state index in [0.29, 0.717) is 31.2 Å². The number of carbonyl (C=O) groups is 2. The molecule has 1 fully saturated rings. The second-order valence-electron chi connectivity index (χ2n) is 10.1. The van der Waals surface area contributed by atoms with Crippen LogP contribution in [0.5, 0.6) is 5.75 Å². The molecule has 1 N–H and O–H groups in total. The normalized spacial score (nSPS) is 17.3. The summed E-state index contributed by atoms with van der Waals surface area (Å²) in [7, 11) is 0. The minimum atomic E-state index is -0.241. The summed E-state index contributed by atoms with van der Waals surface area (Å²) in [5.41, 5.74) is 4.81. The highest BCUT2D eigenvalue weighted by atomic mass is 16.5. The van der Waals surface area contributed by atoms with Gasteiger partial charge in [-0.15, -0.1) is 0 Å². The number of rotatable bonds is 9. The van der Waals surface area contributed by atoms with E-state index in [9.17, 15) is 9.59 Å². The molecule has 0 radical (unpaired) electrons. The van der Waals surface area contributed by atoms with Gasteiger partial charge in [-0.2, -0.15) is 0 Å². The first-order chi connectivity index (χ1) is 18.5. The molecule has 2 aromatic carbocycles. The van der Waals surface area contributed by atoms with Crippen molar-refractivity contribution in [3.8, 4) is 5.75 Å². The molecule has 1 unspecified atom stereocenters. The maximum absolute atomic E-state index is 12.9. The van der Waals surface area contributed by atoms with E-state index in [1.54, 1.807) is 0 Å². The Morgan fingerprint density at radius 2 is 1.89 bits per heavy atom. The molecule has 0 bridgehead atoms. The number of carbonyl (C=O) groups excluding carboxylic acids is 2. The Bertz CT molecular complexity index is 1260. The lowest BCUT2D eigenvalue weighted by Gasteiger charge is -2.38. The van der Waals surface area contributed by atoms with Gasteiger partial charge in [0.1, 0.15) is 12.0 Å². The molecule has 5 rings (SSSR count). The van der Waals surface area contributed by atoms with E-state index < -0.39 is 0 Å². The molecule has 3 heterocycles. The monoisotopic (exact) mass is 516 g/mol. The highest BCUT2D eigenvalue weighted by Gasteiger charge is 2.31. The van der Waals surface area contributed by atoms with Crippen molar-refractivity contribution in [3.63, 3.8) is 0 Å². The Balaban J connectivity index is 1.26. The lowest BCUT2D eigenvalue weighted by molar-refractivity contribution is -0.132. The van der Waals surface area contributed by atoms with Gasteiger partial charge in [0.2, 0.25) is 11.8 Å². The molecule has 2 aliphatic heterocycles. The van der Waals surface area contributed by atoms with E-state index in [1.165, 1.54) is 30.2 Å². The van der Waals surface area contributed by atoms with Gasteiger partial charge in [0.25, 0.3) is 5.91 Å². The fourth-order valence-electron chi connectivity index (χ4n) is 5.31. The highest BCUT2D eigenvalue weighted by Crippen LogP contribution is 2.37. The summed E-state index contributed by atoms with van der Waals surface area (Å²) in [4.78, 5) is 33.9. The van der Waals surface area contributed by atoms with Crippen molar-refractivity contribution in [1.82, 2.24) is 20.1 Å². The molecular weight excluding hydrogens is 480 g/mol. The average molecular weight is 517 g/mol.